The molecule has 1 aromatic rings. The first-order chi connectivity index (χ1) is 9.58. The molecule has 0 fully saturated rings. The smallest absolute Gasteiger partial charge is 0.258 e. The minimum Gasteiger partial charge on any atom is -0.483 e. The van der Waals surface area contributed by atoms with Crippen LogP contribution in [0, 0.1) is 0 Å². The average molecular weight is 281 g/mol. The van der Waals surface area contributed by atoms with Crippen LogP contribution in [0.5, 0.6) is 5.75 Å². The highest BCUT2D eigenvalue weighted by atomic mass is 16.5. The quantitative estimate of drug-likeness (QED) is 0.289. The second kappa shape index (κ2) is 8.00. The van der Waals surface area contributed by atoms with Crippen LogP contribution >= 0.6 is 0 Å². The summed E-state index contributed by atoms with van der Waals surface area (Å²) >= 11 is 0. The number of rotatable bonds is 7. The summed E-state index contributed by atoms with van der Waals surface area (Å²) in [5.41, 5.74) is 5.94. The molecule has 20 heavy (non-hydrogen) atoms. The number of carbonyl (C=O) groups excluding carboxylic acids is 1. The summed E-state index contributed by atoms with van der Waals surface area (Å²) in [7, 11) is 1.57. The molecule has 1 atom stereocenters. The van der Waals surface area contributed by atoms with Crippen LogP contribution in [-0.2, 0) is 9.53 Å². The SMILES string of the molecule is COC(C)CNC(=O)COc1ccccc1/C(N)=N/O. The largest absolute Gasteiger partial charge is 0.483 e. The summed E-state index contributed by atoms with van der Waals surface area (Å²) in [6.07, 6.45) is -0.0663. The lowest BCUT2D eigenvalue weighted by Gasteiger charge is -2.12. The summed E-state index contributed by atoms with van der Waals surface area (Å²) < 4.78 is 10.4. The number of ether oxygens (including phenoxy) is 2. The molecule has 0 saturated carbocycles. The topological polar surface area (TPSA) is 106 Å². The number of oxime groups is 1. The minimum absolute atomic E-state index is 0.0663. The molecule has 4 N–H and O–H groups in total. The van der Waals surface area contributed by atoms with Crippen LogP contribution in [0.25, 0.3) is 0 Å². The van der Waals surface area contributed by atoms with Crippen LogP contribution in [0.1, 0.15) is 12.5 Å². The van der Waals surface area contributed by atoms with E-state index in [2.05, 4.69) is 10.5 Å². The first kappa shape index (κ1) is 15.8. The summed E-state index contributed by atoms with van der Waals surface area (Å²) in [5, 5.41) is 14.3. The maximum absolute atomic E-state index is 11.6. The maximum atomic E-state index is 11.6. The predicted molar refractivity (Wildman–Crippen MR) is 73.9 cm³/mol. The maximum Gasteiger partial charge on any atom is 0.258 e. The van der Waals surface area contributed by atoms with Gasteiger partial charge in [-0.3, -0.25) is 4.79 Å². The van der Waals surface area contributed by atoms with Crippen molar-refractivity contribution in [1.82, 2.24) is 5.32 Å². The highest BCUT2D eigenvalue weighted by Crippen LogP contribution is 2.17. The van der Waals surface area contributed by atoms with Gasteiger partial charge in [-0.25, -0.2) is 0 Å². The van der Waals surface area contributed by atoms with E-state index in [0.29, 0.717) is 17.9 Å². The zero-order valence-electron chi connectivity index (χ0n) is 11.5. The standard InChI is InChI=1S/C13H19N3O4/c1-9(19-2)7-15-12(17)8-20-11-6-4-3-5-10(11)13(14)16-18/h3-6,9,18H,7-8H2,1-2H3,(H2,14,16)(H,15,17). The van der Waals surface area contributed by atoms with Crippen LogP contribution in [-0.4, -0.2) is 43.3 Å². The summed E-state index contributed by atoms with van der Waals surface area (Å²) in [4.78, 5) is 11.6. The zero-order valence-corrected chi connectivity index (χ0v) is 11.5. The molecule has 0 saturated heterocycles. The predicted octanol–water partition coefficient (Wildman–Crippen LogP) is 0.311. The Balaban J connectivity index is 2.56. The molecule has 1 aromatic carbocycles. The van der Waals surface area contributed by atoms with Crippen molar-refractivity contribution >= 4 is 11.7 Å². The van der Waals surface area contributed by atoms with Crippen molar-refractivity contribution in [3.8, 4) is 5.75 Å². The van der Waals surface area contributed by atoms with Gasteiger partial charge in [0, 0.05) is 13.7 Å². The second-order valence-electron chi connectivity index (χ2n) is 4.12. The van der Waals surface area contributed by atoms with Crippen molar-refractivity contribution in [1.29, 1.82) is 0 Å². The van der Waals surface area contributed by atoms with Crippen molar-refractivity contribution in [2.75, 3.05) is 20.3 Å². The van der Waals surface area contributed by atoms with Crippen LogP contribution in [0.4, 0.5) is 0 Å². The van der Waals surface area contributed by atoms with Crippen LogP contribution in [0.15, 0.2) is 29.4 Å². The molecule has 0 bridgehead atoms. The summed E-state index contributed by atoms with van der Waals surface area (Å²) in [5.74, 6) is 0.0231. The third-order valence-corrected chi connectivity index (χ3v) is 2.62. The van der Waals surface area contributed by atoms with Gasteiger partial charge < -0.3 is 25.7 Å². The molecule has 7 heteroatoms. The van der Waals surface area contributed by atoms with Crippen molar-refractivity contribution in [3.63, 3.8) is 0 Å². The fraction of sp³-hybridized carbons (Fsp3) is 0.385. The highest BCUT2D eigenvalue weighted by Gasteiger charge is 2.10. The molecule has 7 nitrogen and oxygen atoms in total. The molecular weight excluding hydrogens is 262 g/mol. The van der Waals surface area contributed by atoms with Gasteiger partial charge in [0.25, 0.3) is 5.91 Å². The number of nitrogens with one attached hydrogen (secondary N) is 1. The zero-order chi connectivity index (χ0) is 15.0. The van der Waals surface area contributed by atoms with E-state index in [4.69, 9.17) is 20.4 Å². The van der Waals surface area contributed by atoms with Gasteiger partial charge in [0.05, 0.1) is 11.7 Å². The lowest BCUT2D eigenvalue weighted by Crippen LogP contribution is -2.35. The Morgan fingerprint density at radius 3 is 2.85 bits per heavy atom. The van der Waals surface area contributed by atoms with E-state index in [-0.39, 0.29) is 24.5 Å². The van der Waals surface area contributed by atoms with Gasteiger partial charge >= 0.3 is 0 Å². The van der Waals surface area contributed by atoms with Gasteiger partial charge in [0.2, 0.25) is 0 Å². The molecule has 110 valence electrons. The molecule has 1 unspecified atom stereocenters. The van der Waals surface area contributed by atoms with E-state index < -0.39 is 0 Å². The van der Waals surface area contributed by atoms with Gasteiger partial charge in [-0.05, 0) is 19.1 Å². The Hall–Kier alpha value is -2.28. The molecule has 0 radical (unpaired) electrons. The number of methoxy groups -OCH3 is 1. The van der Waals surface area contributed by atoms with Crippen molar-refractivity contribution in [2.24, 2.45) is 10.9 Å². The summed E-state index contributed by atoms with van der Waals surface area (Å²) in [6.45, 7) is 2.08. The Labute approximate surface area is 117 Å². The number of hydrogen-bond acceptors (Lipinski definition) is 5. The number of benzene rings is 1. The van der Waals surface area contributed by atoms with E-state index in [1.54, 1.807) is 31.4 Å². The van der Waals surface area contributed by atoms with Gasteiger partial charge in [0.15, 0.2) is 12.4 Å². The van der Waals surface area contributed by atoms with E-state index in [1.165, 1.54) is 0 Å². The van der Waals surface area contributed by atoms with Gasteiger partial charge in [-0.15, -0.1) is 0 Å². The molecule has 1 rings (SSSR count). The lowest BCUT2D eigenvalue weighted by atomic mass is 10.2. The fourth-order valence-electron chi connectivity index (χ4n) is 1.39. The van der Waals surface area contributed by atoms with Crippen molar-refractivity contribution < 1.29 is 19.5 Å². The third kappa shape index (κ3) is 4.77. The van der Waals surface area contributed by atoms with Crippen LogP contribution in [0.2, 0.25) is 0 Å². The number of para-hydroxylation sites is 1. The van der Waals surface area contributed by atoms with Gasteiger partial charge in [0.1, 0.15) is 5.75 Å². The van der Waals surface area contributed by atoms with Gasteiger partial charge in [-0.2, -0.15) is 0 Å². The molecule has 0 aliphatic rings. The third-order valence-electron chi connectivity index (χ3n) is 2.62. The first-order valence-corrected chi connectivity index (χ1v) is 6.07. The number of carbonyl (C=O) groups is 1. The first-order valence-electron chi connectivity index (χ1n) is 6.07. The highest BCUT2D eigenvalue weighted by molar-refractivity contribution is 5.99. The van der Waals surface area contributed by atoms with Crippen LogP contribution in [0.3, 0.4) is 0 Å². The Bertz CT molecular complexity index is 476. The number of amidine groups is 1. The Morgan fingerprint density at radius 2 is 2.20 bits per heavy atom. The van der Waals surface area contributed by atoms with Crippen molar-refractivity contribution in [2.45, 2.75) is 13.0 Å². The van der Waals surface area contributed by atoms with E-state index in [1.807, 2.05) is 6.92 Å². The molecule has 0 spiro atoms. The second-order valence-corrected chi connectivity index (χ2v) is 4.12. The van der Waals surface area contributed by atoms with Crippen molar-refractivity contribution in [3.05, 3.63) is 29.8 Å². The normalized spacial score (nSPS) is 12.8. The average Bonchev–Trinajstić information content (AvgIpc) is 2.49. The molecular formula is C13H19N3O4. The molecule has 0 aliphatic carbocycles. The number of amides is 1. The van der Waals surface area contributed by atoms with Gasteiger partial charge in [-0.1, -0.05) is 17.3 Å². The molecule has 0 heterocycles. The van der Waals surface area contributed by atoms with E-state index in [9.17, 15) is 4.79 Å². The Morgan fingerprint density at radius 1 is 1.50 bits per heavy atom. The Kier molecular flexibility index (Phi) is 6.31. The molecule has 0 aromatic heterocycles. The number of nitrogens with two attached hydrogens (primary N) is 1. The van der Waals surface area contributed by atoms with E-state index in [0.717, 1.165) is 0 Å². The summed E-state index contributed by atoms with van der Waals surface area (Å²) in [6, 6.07) is 6.72. The molecule has 1 amide bonds. The lowest BCUT2D eigenvalue weighted by molar-refractivity contribution is -0.123. The molecule has 0 aliphatic heterocycles. The minimum atomic E-state index is -0.275. The fourth-order valence-corrected chi connectivity index (χ4v) is 1.39. The van der Waals surface area contributed by atoms with Crippen LogP contribution < -0.4 is 15.8 Å². The number of hydrogen-bond donors (Lipinski definition) is 3. The monoisotopic (exact) mass is 281 g/mol. The van der Waals surface area contributed by atoms with E-state index >= 15 is 0 Å². The number of nitrogens with zero attached hydrogens (tertiary/aromatic N) is 1.